The Kier molecular flexibility index (Phi) is 6.29. The molecule has 2 atom stereocenters. The summed E-state index contributed by atoms with van der Waals surface area (Å²) in [5.74, 6) is 0. The van der Waals surface area contributed by atoms with Crippen LogP contribution < -0.4 is 5.32 Å². The molecule has 0 bridgehead atoms. The number of aryl methyl sites for hydroxylation is 2. The molecule has 0 spiro atoms. The minimum atomic E-state index is -1.00. The van der Waals surface area contributed by atoms with Crippen molar-refractivity contribution in [2.45, 2.75) is 58.5 Å². The summed E-state index contributed by atoms with van der Waals surface area (Å²) in [5, 5.41) is 11.8. The van der Waals surface area contributed by atoms with Gasteiger partial charge < -0.3 is 10.4 Å². The van der Waals surface area contributed by atoms with Crippen LogP contribution in [0.25, 0.3) is 0 Å². The van der Waals surface area contributed by atoms with Crippen LogP contribution in [0.1, 0.15) is 49.7 Å². The van der Waals surface area contributed by atoms with Crippen molar-refractivity contribution >= 4 is 17.4 Å². The number of pyridine rings is 1. The molecule has 0 unspecified atom stereocenters. The first kappa shape index (κ1) is 21.7. The lowest BCUT2D eigenvalue weighted by Gasteiger charge is -2.40. The fourth-order valence-corrected chi connectivity index (χ4v) is 5.08. The largest absolute Gasteiger partial charge is 0.465 e. The van der Waals surface area contributed by atoms with Gasteiger partial charge in [0.25, 0.3) is 0 Å². The first-order valence-corrected chi connectivity index (χ1v) is 10.9. The van der Waals surface area contributed by atoms with E-state index in [4.69, 9.17) is 0 Å². The second-order valence-corrected chi connectivity index (χ2v) is 9.78. The van der Waals surface area contributed by atoms with Gasteiger partial charge in [0.1, 0.15) is 0 Å². The zero-order valence-electron chi connectivity index (χ0n) is 17.5. The first-order chi connectivity index (χ1) is 13.6. The highest BCUT2D eigenvalue weighted by Gasteiger charge is 2.47. The summed E-state index contributed by atoms with van der Waals surface area (Å²) in [5.41, 5.74) is 1.73. The Balaban J connectivity index is 1.81. The Morgan fingerprint density at radius 3 is 2.76 bits per heavy atom. The monoisotopic (exact) mass is 419 g/mol. The van der Waals surface area contributed by atoms with Crippen LogP contribution in [0.3, 0.4) is 0 Å². The van der Waals surface area contributed by atoms with Crippen molar-refractivity contribution in [3.05, 3.63) is 51.7 Å². The molecule has 2 aromatic heterocycles. The molecule has 3 rings (SSSR count). The van der Waals surface area contributed by atoms with Crippen molar-refractivity contribution in [1.29, 1.82) is 0 Å². The van der Waals surface area contributed by atoms with Gasteiger partial charge in [-0.2, -0.15) is 4.39 Å². The molecule has 1 aliphatic rings. The van der Waals surface area contributed by atoms with Crippen molar-refractivity contribution in [2.24, 2.45) is 5.41 Å². The number of likely N-dealkylation sites (tertiary alicyclic amines) is 1. The first-order valence-electron chi connectivity index (χ1n) is 10.0. The van der Waals surface area contributed by atoms with Crippen LogP contribution in [0.5, 0.6) is 0 Å². The van der Waals surface area contributed by atoms with E-state index in [9.17, 15) is 14.3 Å². The number of hydrogen-bond acceptors (Lipinski definition) is 4. The van der Waals surface area contributed by atoms with Crippen molar-refractivity contribution in [3.63, 3.8) is 0 Å². The molecule has 1 aliphatic heterocycles. The molecular formula is C22H30FN3O2S. The van der Waals surface area contributed by atoms with Gasteiger partial charge in [-0.1, -0.05) is 6.07 Å². The van der Waals surface area contributed by atoms with Gasteiger partial charge in [0, 0.05) is 40.3 Å². The van der Waals surface area contributed by atoms with Crippen molar-refractivity contribution in [2.75, 3.05) is 13.1 Å². The van der Waals surface area contributed by atoms with Crippen LogP contribution in [-0.2, 0) is 12.0 Å². The summed E-state index contributed by atoms with van der Waals surface area (Å²) in [7, 11) is 0. The van der Waals surface area contributed by atoms with E-state index in [0.717, 1.165) is 48.5 Å². The van der Waals surface area contributed by atoms with Gasteiger partial charge in [-0.05, 0) is 77.3 Å². The number of rotatable bonds is 7. The zero-order valence-corrected chi connectivity index (χ0v) is 18.4. The summed E-state index contributed by atoms with van der Waals surface area (Å²) in [4.78, 5) is 19.2. The quantitative estimate of drug-likeness (QED) is 0.676. The van der Waals surface area contributed by atoms with Crippen LogP contribution in [-0.4, -0.2) is 40.2 Å². The molecule has 1 saturated heterocycles. The molecule has 0 saturated carbocycles. The number of thiophene rings is 1. The topological polar surface area (TPSA) is 65.5 Å². The molecule has 0 aromatic carbocycles. The predicted octanol–water partition coefficient (Wildman–Crippen LogP) is 4.81. The van der Waals surface area contributed by atoms with Gasteiger partial charge in [0.05, 0.1) is 0 Å². The molecule has 2 aromatic rings. The average Bonchev–Trinajstić information content (AvgIpc) is 3.27. The van der Waals surface area contributed by atoms with Crippen molar-refractivity contribution in [1.82, 2.24) is 15.2 Å². The molecule has 3 heterocycles. The molecule has 0 radical (unpaired) electrons. The van der Waals surface area contributed by atoms with E-state index in [1.807, 2.05) is 32.2 Å². The Morgan fingerprint density at radius 2 is 2.17 bits per heavy atom. The van der Waals surface area contributed by atoms with Crippen molar-refractivity contribution in [3.8, 4) is 0 Å². The van der Waals surface area contributed by atoms with Gasteiger partial charge in [0.15, 0.2) is 5.13 Å². The van der Waals surface area contributed by atoms with Crippen LogP contribution >= 0.6 is 11.3 Å². The number of aromatic nitrogens is 1. The fraction of sp³-hybridized carbons (Fsp3) is 0.545. The summed E-state index contributed by atoms with van der Waals surface area (Å²) >= 11 is 1.17. The lowest BCUT2D eigenvalue weighted by molar-refractivity contribution is 0.109. The van der Waals surface area contributed by atoms with Gasteiger partial charge in [-0.25, -0.2) is 4.79 Å². The maximum atomic E-state index is 13.4. The van der Waals surface area contributed by atoms with E-state index in [1.54, 1.807) is 0 Å². The Bertz CT molecular complexity index is 852. The van der Waals surface area contributed by atoms with Crippen molar-refractivity contribution < 1.29 is 14.3 Å². The number of halogens is 1. The lowest BCUT2D eigenvalue weighted by atomic mass is 9.76. The molecule has 158 valence electrons. The van der Waals surface area contributed by atoms with Gasteiger partial charge in [0.2, 0.25) is 0 Å². The van der Waals surface area contributed by atoms with Gasteiger partial charge in [-0.15, -0.1) is 11.3 Å². The molecule has 1 fully saturated rings. The molecule has 0 aliphatic carbocycles. The van der Waals surface area contributed by atoms with Crippen LogP contribution in [0.2, 0.25) is 0 Å². The third kappa shape index (κ3) is 4.78. The smallest absolute Gasteiger partial charge is 0.404 e. The minimum absolute atomic E-state index is 0.174. The fourth-order valence-electron chi connectivity index (χ4n) is 4.36. The number of amides is 1. The van der Waals surface area contributed by atoms with E-state index in [0.29, 0.717) is 0 Å². The maximum Gasteiger partial charge on any atom is 0.404 e. The van der Waals surface area contributed by atoms with Crippen LogP contribution in [0.15, 0.2) is 30.5 Å². The summed E-state index contributed by atoms with van der Waals surface area (Å²) in [6.07, 6.45) is 3.39. The summed E-state index contributed by atoms with van der Waals surface area (Å²) in [6.45, 7) is 9.98. The number of hydrogen-bond donors (Lipinski definition) is 2. The highest BCUT2D eigenvalue weighted by molar-refractivity contribution is 7.10. The second kappa shape index (κ2) is 8.40. The Morgan fingerprint density at radius 1 is 1.41 bits per heavy atom. The summed E-state index contributed by atoms with van der Waals surface area (Å²) in [6, 6.07) is 7.29. The standard InChI is InChI=1S/C22H30FN3O2S/c1-15-5-6-17(13-24-15)21(3,4)26-12-11-22(14-26,16(2)25-20(27)28)10-9-18-7-8-19(23)29-18/h5-8,13,16,25H,9-12,14H2,1-4H3,(H,27,28)/t16-,22-/m1/s1. The zero-order chi connectivity index (χ0) is 21.2. The molecule has 29 heavy (non-hydrogen) atoms. The Hall–Kier alpha value is -1.99. The number of nitrogens with zero attached hydrogens (tertiary/aromatic N) is 2. The third-order valence-corrected chi connectivity index (χ3v) is 7.48. The lowest BCUT2D eigenvalue weighted by Crippen LogP contribution is -2.49. The van der Waals surface area contributed by atoms with E-state index >= 15 is 0 Å². The Labute approximate surface area is 176 Å². The molecule has 5 nitrogen and oxygen atoms in total. The number of carboxylic acid groups (broad SMARTS) is 1. The van der Waals surface area contributed by atoms with E-state index < -0.39 is 6.09 Å². The molecule has 7 heteroatoms. The summed E-state index contributed by atoms with van der Waals surface area (Å²) < 4.78 is 13.4. The SMILES string of the molecule is Cc1ccc(C(C)(C)N2CC[C@@](CCc3ccc(F)s3)([C@@H](C)NC(=O)O)C2)cn1. The van der Waals surface area contributed by atoms with E-state index in [1.165, 1.54) is 17.4 Å². The number of nitrogens with one attached hydrogen (secondary N) is 1. The second-order valence-electron chi connectivity index (χ2n) is 8.66. The van der Waals surface area contributed by atoms with Gasteiger partial charge >= 0.3 is 6.09 Å². The highest BCUT2D eigenvalue weighted by atomic mass is 32.1. The molecule has 1 amide bonds. The normalized spacial score (nSPS) is 21.3. The number of carbonyl (C=O) groups is 1. The van der Waals surface area contributed by atoms with Crippen LogP contribution in [0, 0.1) is 17.5 Å². The maximum absolute atomic E-state index is 13.4. The highest BCUT2D eigenvalue weighted by Crippen LogP contribution is 2.43. The average molecular weight is 420 g/mol. The molecular weight excluding hydrogens is 389 g/mol. The van der Waals surface area contributed by atoms with Crippen LogP contribution in [0.4, 0.5) is 9.18 Å². The van der Waals surface area contributed by atoms with Gasteiger partial charge in [-0.3, -0.25) is 9.88 Å². The molecule has 2 N–H and O–H groups in total. The van der Waals surface area contributed by atoms with E-state index in [2.05, 4.69) is 35.1 Å². The predicted molar refractivity (Wildman–Crippen MR) is 114 cm³/mol. The minimum Gasteiger partial charge on any atom is -0.465 e. The third-order valence-electron chi connectivity index (χ3n) is 6.55. The van der Waals surface area contributed by atoms with E-state index in [-0.39, 0.29) is 22.1 Å².